The van der Waals surface area contributed by atoms with Gasteiger partial charge in [0.25, 0.3) is 0 Å². The first-order valence-corrected chi connectivity index (χ1v) is 9.23. The van der Waals surface area contributed by atoms with Crippen LogP contribution in [-0.2, 0) is 10.9 Å². The fraction of sp³-hybridized carbons (Fsp3) is 0.500. The molecular weight excluding hydrogens is 371 g/mol. The highest BCUT2D eigenvalue weighted by Gasteiger charge is 2.30. The van der Waals surface area contributed by atoms with Crippen molar-refractivity contribution < 1.29 is 22.7 Å². The Kier molecular flexibility index (Phi) is 5.41. The van der Waals surface area contributed by atoms with Crippen molar-refractivity contribution in [1.82, 2.24) is 14.9 Å². The average molecular weight is 395 g/mol. The Hall–Kier alpha value is -2.51. The molecule has 0 saturated carbocycles. The molecule has 2 aromatic rings. The summed E-state index contributed by atoms with van der Waals surface area (Å²) < 4.78 is 43.5. The maximum atomic E-state index is 12.7. The molecule has 1 saturated heterocycles. The number of aromatic amines is 1. The summed E-state index contributed by atoms with van der Waals surface area (Å²) in [5.41, 5.74) is 0.132. The van der Waals surface area contributed by atoms with E-state index in [0.29, 0.717) is 24.3 Å². The fourth-order valence-electron chi connectivity index (χ4n) is 3.19. The van der Waals surface area contributed by atoms with E-state index in [9.17, 15) is 18.0 Å². The Morgan fingerprint density at radius 1 is 1.14 bits per heavy atom. The van der Waals surface area contributed by atoms with Gasteiger partial charge in [0.05, 0.1) is 17.5 Å². The molecule has 0 aliphatic carbocycles. The number of amides is 1. The van der Waals surface area contributed by atoms with Crippen LogP contribution in [0, 0.1) is 0 Å². The van der Waals surface area contributed by atoms with Crippen molar-refractivity contribution in [2.75, 3.05) is 13.1 Å². The van der Waals surface area contributed by atoms with Crippen LogP contribution in [0.5, 0.6) is 0 Å². The number of benzene rings is 1. The molecule has 0 bridgehead atoms. The zero-order valence-electron chi connectivity index (χ0n) is 16.1. The fourth-order valence-corrected chi connectivity index (χ4v) is 3.19. The van der Waals surface area contributed by atoms with Crippen molar-refractivity contribution in [2.24, 2.45) is 0 Å². The summed E-state index contributed by atoms with van der Waals surface area (Å²) in [6.45, 7) is 6.67. The quantitative estimate of drug-likeness (QED) is 0.759. The maximum Gasteiger partial charge on any atom is 0.416 e. The number of hydrogen-bond donors (Lipinski definition) is 1. The van der Waals surface area contributed by atoms with E-state index < -0.39 is 17.3 Å². The maximum absolute atomic E-state index is 12.7. The van der Waals surface area contributed by atoms with Crippen LogP contribution in [0.15, 0.2) is 30.5 Å². The molecule has 1 aliphatic rings. The van der Waals surface area contributed by atoms with Gasteiger partial charge < -0.3 is 14.6 Å². The van der Waals surface area contributed by atoms with Crippen LogP contribution >= 0.6 is 0 Å². The van der Waals surface area contributed by atoms with E-state index in [0.717, 1.165) is 30.8 Å². The van der Waals surface area contributed by atoms with Gasteiger partial charge in [0.1, 0.15) is 11.4 Å². The number of H-pyrrole nitrogens is 1. The summed E-state index contributed by atoms with van der Waals surface area (Å²) in [6.07, 6.45) is -1.52. The first kappa shape index (κ1) is 20.2. The number of aromatic nitrogens is 2. The standard InChI is InChI=1S/C20H24F3N3O2/c1-19(2,3)28-18(27)26-10-8-14(9-11-26)17-24-12-16(25-17)13-4-6-15(7-5-13)20(21,22)23/h4-7,12,14H,8-11H2,1-3H3,(H,24,25). The molecule has 2 heterocycles. The topological polar surface area (TPSA) is 58.2 Å². The first-order valence-electron chi connectivity index (χ1n) is 9.23. The van der Waals surface area contributed by atoms with Crippen molar-refractivity contribution in [3.05, 3.63) is 41.9 Å². The number of nitrogens with one attached hydrogen (secondary N) is 1. The predicted molar refractivity (Wildman–Crippen MR) is 98.8 cm³/mol. The minimum Gasteiger partial charge on any atom is -0.444 e. The molecule has 1 fully saturated rings. The van der Waals surface area contributed by atoms with Gasteiger partial charge in [-0.25, -0.2) is 9.78 Å². The molecular formula is C20H24F3N3O2. The van der Waals surface area contributed by atoms with Crippen molar-refractivity contribution in [3.63, 3.8) is 0 Å². The molecule has 0 atom stereocenters. The van der Waals surface area contributed by atoms with Gasteiger partial charge in [-0.3, -0.25) is 0 Å². The van der Waals surface area contributed by atoms with Gasteiger partial charge in [-0.15, -0.1) is 0 Å². The highest BCUT2D eigenvalue weighted by atomic mass is 19.4. The molecule has 0 unspecified atom stereocenters. The third kappa shape index (κ3) is 4.85. The molecule has 0 radical (unpaired) electrons. The predicted octanol–water partition coefficient (Wildman–Crippen LogP) is 5.21. The van der Waals surface area contributed by atoms with Crippen molar-refractivity contribution in [1.29, 1.82) is 0 Å². The van der Waals surface area contributed by atoms with Gasteiger partial charge in [0, 0.05) is 19.0 Å². The SMILES string of the molecule is CC(C)(C)OC(=O)N1CCC(c2ncc(-c3ccc(C(F)(F)F)cc3)[nH]2)CC1. The monoisotopic (exact) mass is 395 g/mol. The number of halogens is 3. The molecule has 1 aromatic carbocycles. The molecule has 1 N–H and O–H groups in total. The normalized spacial score (nSPS) is 16.3. The van der Waals surface area contributed by atoms with E-state index in [1.807, 2.05) is 20.8 Å². The van der Waals surface area contributed by atoms with E-state index in [1.54, 1.807) is 11.1 Å². The number of carbonyl (C=O) groups is 1. The minimum absolute atomic E-state index is 0.168. The first-order chi connectivity index (χ1) is 13.0. The number of rotatable bonds is 2. The number of carbonyl (C=O) groups excluding carboxylic acids is 1. The second kappa shape index (κ2) is 7.48. The van der Waals surface area contributed by atoms with Crippen LogP contribution in [0.1, 0.15) is 50.9 Å². The number of hydrogen-bond acceptors (Lipinski definition) is 3. The van der Waals surface area contributed by atoms with E-state index in [-0.39, 0.29) is 12.0 Å². The Morgan fingerprint density at radius 3 is 2.29 bits per heavy atom. The van der Waals surface area contributed by atoms with Crippen LogP contribution < -0.4 is 0 Å². The summed E-state index contributed by atoms with van der Waals surface area (Å²) in [6, 6.07) is 5.00. The molecule has 5 nitrogen and oxygen atoms in total. The Balaban J connectivity index is 1.62. The van der Waals surface area contributed by atoms with E-state index in [2.05, 4.69) is 9.97 Å². The third-order valence-electron chi connectivity index (χ3n) is 4.65. The summed E-state index contributed by atoms with van der Waals surface area (Å²) in [5, 5.41) is 0. The Morgan fingerprint density at radius 2 is 1.75 bits per heavy atom. The van der Waals surface area contributed by atoms with Crippen LogP contribution in [0.25, 0.3) is 11.3 Å². The molecule has 1 aromatic heterocycles. The third-order valence-corrected chi connectivity index (χ3v) is 4.65. The summed E-state index contributed by atoms with van der Waals surface area (Å²) in [5.74, 6) is 0.959. The van der Waals surface area contributed by atoms with Gasteiger partial charge in [-0.05, 0) is 51.3 Å². The van der Waals surface area contributed by atoms with Crippen molar-refractivity contribution in [3.8, 4) is 11.3 Å². The van der Waals surface area contributed by atoms with Crippen molar-refractivity contribution >= 4 is 6.09 Å². The second-order valence-electron chi connectivity index (χ2n) is 8.00. The molecule has 1 aliphatic heterocycles. The number of nitrogens with zero attached hydrogens (tertiary/aromatic N) is 2. The number of likely N-dealkylation sites (tertiary alicyclic amines) is 1. The second-order valence-corrected chi connectivity index (χ2v) is 8.00. The van der Waals surface area contributed by atoms with Gasteiger partial charge in [-0.2, -0.15) is 13.2 Å². The van der Waals surface area contributed by atoms with Gasteiger partial charge >= 0.3 is 12.3 Å². The van der Waals surface area contributed by atoms with Crippen molar-refractivity contribution in [2.45, 2.75) is 51.3 Å². The minimum atomic E-state index is -4.35. The van der Waals surface area contributed by atoms with Crippen LogP contribution in [0.4, 0.5) is 18.0 Å². The highest BCUT2D eigenvalue weighted by molar-refractivity contribution is 5.68. The lowest BCUT2D eigenvalue weighted by Gasteiger charge is -2.32. The lowest BCUT2D eigenvalue weighted by Crippen LogP contribution is -2.41. The molecule has 28 heavy (non-hydrogen) atoms. The van der Waals surface area contributed by atoms with Gasteiger partial charge in [-0.1, -0.05) is 12.1 Å². The van der Waals surface area contributed by atoms with Gasteiger partial charge in [0.2, 0.25) is 0 Å². The number of imidazole rings is 1. The van der Waals surface area contributed by atoms with E-state index >= 15 is 0 Å². The summed E-state index contributed by atoms with van der Waals surface area (Å²) in [7, 11) is 0. The Labute approximate surface area is 161 Å². The zero-order chi connectivity index (χ0) is 20.5. The number of piperidine rings is 1. The van der Waals surface area contributed by atoms with Crippen LogP contribution in [0.2, 0.25) is 0 Å². The smallest absolute Gasteiger partial charge is 0.416 e. The molecule has 0 spiro atoms. The zero-order valence-corrected chi connectivity index (χ0v) is 16.1. The van der Waals surface area contributed by atoms with Gasteiger partial charge in [0.15, 0.2) is 0 Å². The lowest BCUT2D eigenvalue weighted by molar-refractivity contribution is -0.137. The average Bonchev–Trinajstić information content (AvgIpc) is 3.10. The summed E-state index contributed by atoms with van der Waals surface area (Å²) in [4.78, 5) is 21.5. The molecule has 152 valence electrons. The van der Waals surface area contributed by atoms with E-state index in [1.165, 1.54) is 12.1 Å². The molecule has 8 heteroatoms. The molecule has 1 amide bonds. The number of ether oxygens (including phenoxy) is 1. The van der Waals surface area contributed by atoms with Crippen LogP contribution in [0.3, 0.4) is 0 Å². The lowest BCUT2D eigenvalue weighted by atomic mass is 9.96. The highest BCUT2D eigenvalue weighted by Crippen LogP contribution is 2.32. The summed E-state index contributed by atoms with van der Waals surface area (Å²) >= 11 is 0. The molecule has 3 rings (SSSR count). The largest absolute Gasteiger partial charge is 0.444 e. The Bertz CT molecular complexity index is 814. The number of alkyl halides is 3. The van der Waals surface area contributed by atoms with Crippen LogP contribution in [-0.4, -0.2) is 39.7 Å². The van der Waals surface area contributed by atoms with E-state index in [4.69, 9.17) is 4.74 Å².